The van der Waals surface area contributed by atoms with E-state index in [1.54, 1.807) is 0 Å². The molecule has 1 amide bonds. The highest BCUT2D eigenvalue weighted by molar-refractivity contribution is 5.83. The third-order valence-electron chi connectivity index (χ3n) is 3.59. The molecular weight excluding hydrogens is 188 g/mol. The summed E-state index contributed by atoms with van der Waals surface area (Å²) in [5.74, 6) is 0.265. The summed E-state index contributed by atoms with van der Waals surface area (Å²) in [6.45, 7) is 8.00. The zero-order chi connectivity index (χ0) is 11.3. The van der Waals surface area contributed by atoms with Gasteiger partial charge in [0.05, 0.1) is 0 Å². The van der Waals surface area contributed by atoms with E-state index < -0.39 is 0 Å². The van der Waals surface area contributed by atoms with Crippen molar-refractivity contribution in [3.63, 3.8) is 0 Å². The van der Waals surface area contributed by atoms with Crippen LogP contribution in [0.15, 0.2) is 0 Å². The van der Waals surface area contributed by atoms with Crippen molar-refractivity contribution in [1.29, 1.82) is 0 Å². The Kier molecular flexibility index (Phi) is 4.58. The van der Waals surface area contributed by atoms with Gasteiger partial charge in [0.1, 0.15) is 0 Å². The van der Waals surface area contributed by atoms with Crippen LogP contribution in [0, 0.1) is 5.41 Å². The van der Waals surface area contributed by atoms with Crippen molar-refractivity contribution >= 4 is 5.91 Å². The molecule has 2 N–H and O–H groups in total. The fourth-order valence-electron chi connectivity index (χ4n) is 2.20. The zero-order valence-corrected chi connectivity index (χ0v) is 10.2. The first-order chi connectivity index (χ1) is 7.14. The Hall–Kier alpha value is -0.570. The maximum Gasteiger partial charge on any atom is 0.226 e. The van der Waals surface area contributed by atoms with E-state index in [2.05, 4.69) is 31.4 Å². The van der Waals surface area contributed by atoms with Crippen LogP contribution in [0.3, 0.4) is 0 Å². The molecule has 0 unspecified atom stereocenters. The third-order valence-corrected chi connectivity index (χ3v) is 3.59. The normalized spacial score (nSPS) is 20.5. The van der Waals surface area contributed by atoms with Crippen LogP contribution in [-0.4, -0.2) is 25.0 Å². The fourth-order valence-corrected chi connectivity index (χ4v) is 2.20. The SMILES string of the molecule is CCN[C@H](C)CNC(=O)C1(CC)CCC1. The minimum atomic E-state index is -0.0219. The lowest BCUT2D eigenvalue weighted by atomic mass is 9.66. The Morgan fingerprint density at radius 3 is 2.47 bits per heavy atom. The molecule has 1 aliphatic rings. The van der Waals surface area contributed by atoms with E-state index in [-0.39, 0.29) is 11.3 Å². The van der Waals surface area contributed by atoms with E-state index in [0.29, 0.717) is 6.04 Å². The molecule has 3 heteroatoms. The summed E-state index contributed by atoms with van der Waals surface area (Å²) < 4.78 is 0. The highest BCUT2D eigenvalue weighted by atomic mass is 16.2. The second-order valence-corrected chi connectivity index (χ2v) is 4.66. The maximum absolute atomic E-state index is 11.9. The summed E-state index contributed by atoms with van der Waals surface area (Å²) in [6.07, 6.45) is 4.34. The van der Waals surface area contributed by atoms with E-state index in [1.165, 1.54) is 6.42 Å². The van der Waals surface area contributed by atoms with Crippen molar-refractivity contribution in [2.24, 2.45) is 5.41 Å². The van der Waals surface area contributed by atoms with Crippen molar-refractivity contribution < 1.29 is 4.79 Å². The number of nitrogens with one attached hydrogen (secondary N) is 2. The molecule has 1 rings (SSSR count). The number of hydrogen-bond acceptors (Lipinski definition) is 2. The Labute approximate surface area is 93.0 Å². The second kappa shape index (κ2) is 5.50. The van der Waals surface area contributed by atoms with Crippen LogP contribution in [0.1, 0.15) is 46.5 Å². The van der Waals surface area contributed by atoms with Gasteiger partial charge in [-0.05, 0) is 32.7 Å². The number of amides is 1. The molecule has 0 bridgehead atoms. The molecule has 0 spiro atoms. The Bertz CT molecular complexity index is 206. The molecule has 0 saturated heterocycles. The van der Waals surface area contributed by atoms with Gasteiger partial charge >= 0.3 is 0 Å². The topological polar surface area (TPSA) is 41.1 Å². The van der Waals surface area contributed by atoms with Gasteiger partial charge < -0.3 is 10.6 Å². The van der Waals surface area contributed by atoms with Crippen LogP contribution in [0.25, 0.3) is 0 Å². The molecule has 3 nitrogen and oxygen atoms in total. The van der Waals surface area contributed by atoms with Crippen molar-refractivity contribution in [3.05, 3.63) is 0 Å². The van der Waals surface area contributed by atoms with Gasteiger partial charge in [-0.2, -0.15) is 0 Å². The minimum absolute atomic E-state index is 0.0219. The number of likely N-dealkylation sites (N-methyl/N-ethyl adjacent to an activating group) is 1. The standard InChI is InChI=1S/C12H24N2O/c1-4-12(7-6-8-12)11(15)14-9-10(3)13-5-2/h10,13H,4-9H2,1-3H3,(H,14,15)/t10-/m1/s1. The number of carbonyl (C=O) groups excluding carboxylic acids is 1. The first-order valence-electron chi connectivity index (χ1n) is 6.16. The third kappa shape index (κ3) is 2.94. The molecule has 1 aliphatic carbocycles. The van der Waals surface area contributed by atoms with E-state index in [4.69, 9.17) is 0 Å². The van der Waals surface area contributed by atoms with Gasteiger partial charge in [0.15, 0.2) is 0 Å². The molecule has 88 valence electrons. The van der Waals surface area contributed by atoms with Gasteiger partial charge in [0.25, 0.3) is 0 Å². The predicted octanol–water partition coefficient (Wildman–Crippen LogP) is 1.68. The van der Waals surface area contributed by atoms with Crippen molar-refractivity contribution in [2.75, 3.05) is 13.1 Å². The quantitative estimate of drug-likeness (QED) is 0.703. The first-order valence-corrected chi connectivity index (χ1v) is 6.16. The average Bonchev–Trinajstić information content (AvgIpc) is 2.14. The van der Waals surface area contributed by atoms with Crippen LogP contribution in [0.5, 0.6) is 0 Å². The Balaban J connectivity index is 2.29. The number of hydrogen-bond donors (Lipinski definition) is 2. The zero-order valence-electron chi connectivity index (χ0n) is 10.2. The molecule has 1 atom stereocenters. The van der Waals surface area contributed by atoms with Crippen LogP contribution in [0.4, 0.5) is 0 Å². The summed E-state index contributed by atoms with van der Waals surface area (Å²) in [7, 11) is 0. The van der Waals surface area contributed by atoms with Crippen LogP contribution < -0.4 is 10.6 Å². The van der Waals surface area contributed by atoms with Gasteiger partial charge in [-0.25, -0.2) is 0 Å². The van der Waals surface area contributed by atoms with E-state index in [9.17, 15) is 4.79 Å². The Morgan fingerprint density at radius 1 is 1.40 bits per heavy atom. The van der Waals surface area contributed by atoms with Crippen LogP contribution in [-0.2, 0) is 4.79 Å². The lowest BCUT2D eigenvalue weighted by molar-refractivity contribution is -0.136. The highest BCUT2D eigenvalue weighted by Crippen LogP contribution is 2.43. The molecule has 15 heavy (non-hydrogen) atoms. The summed E-state index contributed by atoms with van der Waals surface area (Å²) in [5, 5.41) is 6.35. The van der Waals surface area contributed by atoms with Gasteiger partial charge in [-0.1, -0.05) is 20.3 Å². The molecule has 1 fully saturated rings. The Morgan fingerprint density at radius 2 is 2.07 bits per heavy atom. The molecule has 0 radical (unpaired) electrons. The van der Waals surface area contributed by atoms with Crippen molar-refractivity contribution in [1.82, 2.24) is 10.6 Å². The second-order valence-electron chi connectivity index (χ2n) is 4.66. The van der Waals surface area contributed by atoms with Crippen LogP contribution in [0.2, 0.25) is 0 Å². The summed E-state index contributed by atoms with van der Waals surface area (Å²) in [4.78, 5) is 11.9. The maximum atomic E-state index is 11.9. The lowest BCUT2D eigenvalue weighted by Gasteiger charge is -2.39. The number of rotatable bonds is 6. The molecule has 1 saturated carbocycles. The van der Waals surface area contributed by atoms with E-state index in [1.807, 2.05) is 0 Å². The molecule has 0 aliphatic heterocycles. The highest BCUT2D eigenvalue weighted by Gasteiger charge is 2.41. The van der Waals surface area contributed by atoms with E-state index in [0.717, 1.165) is 32.4 Å². The minimum Gasteiger partial charge on any atom is -0.354 e. The molecular formula is C12H24N2O. The first kappa shape index (κ1) is 12.5. The fraction of sp³-hybridized carbons (Fsp3) is 0.917. The van der Waals surface area contributed by atoms with Crippen molar-refractivity contribution in [3.8, 4) is 0 Å². The summed E-state index contributed by atoms with van der Waals surface area (Å²) in [5.41, 5.74) is -0.0219. The summed E-state index contributed by atoms with van der Waals surface area (Å²) in [6, 6.07) is 0.368. The lowest BCUT2D eigenvalue weighted by Crippen LogP contribution is -2.48. The largest absolute Gasteiger partial charge is 0.354 e. The van der Waals surface area contributed by atoms with Gasteiger partial charge in [-0.15, -0.1) is 0 Å². The van der Waals surface area contributed by atoms with Gasteiger partial charge in [-0.3, -0.25) is 4.79 Å². The van der Waals surface area contributed by atoms with Crippen molar-refractivity contribution in [2.45, 2.75) is 52.5 Å². The smallest absolute Gasteiger partial charge is 0.226 e. The molecule has 0 aromatic rings. The summed E-state index contributed by atoms with van der Waals surface area (Å²) >= 11 is 0. The van der Waals surface area contributed by atoms with Crippen LogP contribution >= 0.6 is 0 Å². The van der Waals surface area contributed by atoms with Gasteiger partial charge in [0, 0.05) is 18.0 Å². The molecule has 0 aromatic heterocycles. The average molecular weight is 212 g/mol. The predicted molar refractivity (Wildman–Crippen MR) is 62.7 cm³/mol. The number of carbonyl (C=O) groups is 1. The molecule has 0 aromatic carbocycles. The van der Waals surface area contributed by atoms with E-state index >= 15 is 0 Å². The van der Waals surface area contributed by atoms with Gasteiger partial charge in [0.2, 0.25) is 5.91 Å². The molecule has 0 heterocycles. The monoisotopic (exact) mass is 212 g/mol.